The van der Waals surface area contributed by atoms with Crippen molar-refractivity contribution in [2.45, 2.75) is 69.3 Å². The van der Waals surface area contributed by atoms with Gasteiger partial charge in [-0.1, -0.05) is 30.3 Å². The lowest BCUT2D eigenvalue weighted by Gasteiger charge is -2.56. The highest BCUT2D eigenvalue weighted by atomic mass is 19.1. The van der Waals surface area contributed by atoms with E-state index in [9.17, 15) is 28.4 Å². The van der Waals surface area contributed by atoms with E-state index < -0.39 is 41.8 Å². The number of hydrogen-bond acceptors (Lipinski definition) is 5. The zero-order valence-electron chi connectivity index (χ0n) is 20.3. The number of nitriles is 1. The molecule has 2 atom stereocenters. The third-order valence-electron chi connectivity index (χ3n) is 8.08. The average molecular weight is 503 g/mol. The number of amides is 3. The monoisotopic (exact) mass is 502 g/mol. The molecule has 3 amide bonds. The summed E-state index contributed by atoms with van der Waals surface area (Å²) in [5, 5.41) is 12.0. The van der Waals surface area contributed by atoms with E-state index in [4.69, 9.17) is 4.74 Å². The number of rotatable bonds is 8. The molecule has 0 radical (unpaired) electrons. The van der Waals surface area contributed by atoms with Crippen molar-refractivity contribution in [2.75, 3.05) is 26.3 Å². The molecule has 8 nitrogen and oxygen atoms in total. The Kier molecular flexibility index (Phi) is 7.76. The van der Waals surface area contributed by atoms with Gasteiger partial charge in [0.15, 0.2) is 0 Å². The van der Waals surface area contributed by atoms with Crippen LogP contribution < -0.4 is 5.32 Å². The molecule has 194 valence electrons. The van der Waals surface area contributed by atoms with Crippen LogP contribution in [0.15, 0.2) is 30.3 Å². The number of fused-ring (bicyclic) bond motifs is 3. The molecule has 0 unspecified atom stereocenters. The van der Waals surface area contributed by atoms with Crippen LogP contribution in [0.25, 0.3) is 0 Å². The van der Waals surface area contributed by atoms with Gasteiger partial charge in [0.05, 0.1) is 12.6 Å². The summed E-state index contributed by atoms with van der Waals surface area (Å²) in [6.45, 7) is -1.11. The second kappa shape index (κ2) is 10.8. The van der Waals surface area contributed by atoms with Crippen molar-refractivity contribution in [3.05, 3.63) is 35.9 Å². The van der Waals surface area contributed by atoms with Crippen molar-refractivity contribution < 1.29 is 27.9 Å². The predicted molar refractivity (Wildman–Crippen MR) is 126 cm³/mol. The molecule has 3 saturated carbocycles. The number of likely N-dealkylation sites (tertiary alicyclic amines) is 1. The Bertz CT molecular complexity index is 990. The van der Waals surface area contributed by atoms with E-state index in [0.717, 1.165) is 5.56 Å². The Morgan fingerprint density at radius 1 is 1.14 bits per heavy atom. The lowest BCUT2D eigenvalue weighted by atomic mass is 9.56. The van der Waals surface area contributed by atoms with Gasteiger partial charge in [0.25, 0.3) is 0 Å². The molecular weight excluding hydrogens is 470 g/mol. The number of nitrogens with zero attached hydrogens (tertiary/aromatic N) is 3. The van der Waals surface area contributed by atoms with E-state index in [1.807, 2.05) is 36.4 Å². The highest BCUT2D eigenvalue weighted by Crippen LogP contribution is 2.55. The number of halogens is 2. The lowest BCUT2D eigenvalue weighted by molar-refractivity contribution is -0.145. The van der Waals surface area contributed by atoms with Crippen molar-refractivity contribution in [1.82, 2.24) is 15.1 Å². The minimum Gasteiger partial charge on any atom is -0.445 e. The van der Waals surface area contributed by atoms with E-state index >= 15 is 0 Å². The average Bonchev–Trinajstić information content (AvgIpc) is 3.31. The van der Waals surface area contributed by atoms with Gasteiger partial charge in [-0.2, -0.15) is 5.26 Å². The van der Waals surface area contributed by atoms with E-state index in [2.05, 4.69) is 5.32 Å². The molecule has 1 aliphatic heterocycles. The van der Waals surface area contributed by atoms with Gasteiger partial charge in [-0.3, -0.25) is 14.5 Å². The van der Waals surface area contributed by atoms with Crippen LogP contribution in [-0.4, -0.2) is 71.8 Å². The number of carbonyl (C=O) groups is 3. The Morgan fingerprint density at radius 3 is 2.42 bits per heavy atom. The van der Waals surface area contributed by atoms with E-state index in [-0.39, 0.29) is 38.6 Å². The predicted octanol–water partition coefficient (Wildman–Crippen LogP) is 3.27. The second-order valence-electron chi connectivity index (χ2n) is 10.1. The van der Waals surface area contributed by atoms with Gasteiger partial charge >= 0.3 is 6.09 Å². The maximum Gasteiger partial charge on any atom is 0.411 e. The maximum absolute atomic E-state index is 14.0. The van der Waals surface area contributed by atoms with Crippen molar-refractivity contribution in [1.29, 1.82) is 5.26 Å². The van der Waals surface area contributed by atoms with Crippen LogP contribution in [0.3, 0.4) is 0 Å². The van der Waals surface area contributed by atoms with Crippen LogP contribution in [-0.2, 0) is 20.9 Å². The topological polar surface area (TPSA) is 103 Å². The molecule has 3 aliphatic carbocycles. The number of nitrogens with one attached hydrogen (secondary N) is 1. The van der Waals surface area contributed by atoms with E-state index in [1.165, 1.54) is 9.80 Å². The molecule has 5 rings (SSSR count). The summed E-state index contributed by atoms with van der Waals surface area (Å²) in [5.41, 5.74) is -0.472. The summed E-state index contributed by atoms with van der Waals surface area (Å²) in [6.07, 6.45) is 1.07. The SMILES string of the molecule is N#C[C@@H]1C[C@H](F)CN1C(=O)CN(C(=O)OCc1ccccc1)C12CCC(C(=O)NCCF)(CC1)CC2. The zero-order chi connectivity index (χ0) is 25.8. The normalized spacial score (nSPS) is 28.9. The largest absolute Gasteiger partial charge is 0.445 e. The Morgan fingerprint density at radius 2 is 1.81 bits per heavy atom. The van der Waals surface area contributed by atoms with Gasteiger partial charge in [0, 0.05) is 23.9 Å². The quantitative estimate of drug-likeness (QED) is 0.588. The van der Waals surface area contributed by atoms with Crippen LogP contribution >= 0.6 is 0 Å². The standard InChI is InChI=1S/C26H32F2N4O4/c27-12-13-30-23(34)25-6-9-26(10-7-25,11-8-25)32(24(35)36-18-19-4-2-1-3-5-19)17-22(33)31-16-20(28)14-21(31)15-29/h1-5,20-21H,6-14,16-18H2,(H,30,34)/t20-,21-,25?,26?/m0/s1. The third kappa shape index (κ3) is 5.15. The smallest absolute Gasteiger partial charge is 0.411 e. The molecule has 1 saturated heterocycles. The number of benzene rings is 1. The molecular formula is C26H32F2N4O4. The molecule has 4 fully saturated rings. The van der Waals surface area contributed by atoms with Crippen LogP contribution in [0.1, 0.15) is 50.5 Å². The van der Waals surface area contributed by atoms with Gasteiger partial charge in [0.1, 0.15) is 32.0 Å². The van der Waals surface area contributed by atoms with Crippen LogP contribution in [0, 0.1) is 16.7 Å². The molecule has 0 aromatic heterocycles. The van der Waals surface area contributed by atoms with Crippen LogP contribution in [0.5, 0.6) is 0 Å². The molecule has 2 bridgehead atoms. The van der Waals surface area contributed by atoms with Gasteiger partial charge in [-0.05, 0) is 44.1 Å². The van der Waals surface area contributed by atoms with Crippen molar-refractivity contribution >= 4 is 17.9 Å². The lowest BCUT2D eigenvalue weighted by Crippen LogP contribution is -2.63. The summed E-state index contributed by atoms with van der Waals surface area (Å²) >= 11 is 0. The van der Waals surface area contributed by atoms with E-state index in [0.29, 0.717) is 38.5 Å². The number of carbonyl (C=O) groups excluding carboxylic acids is 3. The zero-order valence-corrected chi connectivity index (χ0v) is 20.3. The molecule has 1 aromatic rings. The van der Waals surface area contributed by atoms with Crippen molar-refractivity contribution in [2.24, 2.45) is 5.41 Å². The van der Waals surface area contributed by atoms with Crippen LogP contribution in [0.2, 0.25) is 0 Å². The van der Waals surface area contributed by atoms with Gasteiger partial charge in [-0.25, -0.2) is 13.6 Å². The van der Waals surface area contributed by atoms with E-state index in [1.54, 1.807) is 0 Å². The fourth-order valence-electron chi connectivity index (χ4n) is 5.89. The van der Waals surface area contributed by atoms with Gasteiger partial charge in [-0.15, -0.1) is 0 Å². The number of hydrogen-bond donors (Lipinski definition) is 1. The number of alkyl halides is 2. The minimum absolute atomic E-state index is 0.0242. The first kappa shape index (κ1) is 25.9. The molecule has 4 aliphatic rings. The van der Waals surface area contributed by atoms with Crippen LogP contribution in [0.4, 0.5) is 13.6 Å². The van der Waals surface area contributed by atoms with Crippen molar-refractivity contribution in [3.63, 3.8) is 0 Å². The molecule has 1 aromatic carbocycles. The first-order valence-corrected chi connectivity index (χ1v) is 12.5. The second-order valence-corrected chi connectivity index (χ2v) is 10.1. The summed E-state index contributed by atoms with van der Waals surface area (Å²) in [6, 6.07) is 10.3. The summed E-state index contributed by atoms with van der Waals surface area (Å²) in [4.78, 5) is 42.0. The number of ether oxygens (including phenoxy) is 1. The Labute approximate surface area is 209 Å². The molecule has 1 heterocycles. The molecule has 0 spiro atoms. The highest BCUT2D eigenvalue weighted by Gasteiger charge is 2.56. The molecule has 1 N–H and O–H groups in total. The third-order valence-corrected chi connectivity index (χ3v) is 8.08. The first-order chi connectivity index (χ1) is 17.3. The summed E-state index contributed by atoms with van der Waals surface area (Å²) in [5.74, 6) is -0.651. The molecule has 36 heavy (non-hydrogen) atoms. The fraction of sp³-hybridized carbons (Fsp3) is 0.615. The molecule has 10 heteroatoms. The summed E-state index contributed by atoms with van der Waals surface area (Å²) < 4.78 is 32.2. The van der Waals surface area contributed by atoms with Crippen molar-refractivity contribution in [3.8, 4) is 6.07 Å². The highest BCUT2D eigenvalue weighted by molar-refractivity contribution is 5.85. The maximum atomic E-state index is 14.0. The first-order valence-electron chi connectivity index (χ1n) is 12.5. The fourth-order valence-corrected chi connectivity index (χ4v) is 5.89. The minimum atomic E-state index is -1.27. The summed E-state index contributed by atoms with van der Waals surface area (Å²) in [7, 11) is 0. The van der Waals surface area contributed by atoms with Gasteiger partial charge in [0.2, 0.25) is 11.8 Å². The Hall–Kier alpha value is -3.22. The Balaban J connectivity index is 1.51. The van der Waals surface area contributed by atoms with Gasteiger partial charge < -0.3 is 15.0 Å².